The summed E-state index contributed by atoms with van der Waals surface area (Å²) in [6.45, 7) is 0. The molecule has 0 spiro atoms. The zero-order valence-corrected chi connectivity index (χ0v) is 10.3. The Labute approximate surface area is 106 Å². The maximum absolute atomic E-state index is 10.9. The van der Waals surface area contributed by atoms with Crippen LogP contribution < -0.4 is 5.73 Å². The molecule has 0 bridgehead atoms. The average molecular weight is 246 g/mol. The van der Waals surface area contributed by atoms with Crippen LogP contribution in [0, 0.1) is 27.9 Å². The lowest BCUT2D eigenvalue weighted by atomic mass is 9.90. The van der Waals surface area contributed by atoms with Crippen molar-refractivity contribution in [3.05, 3.63) is 39.9 Å². The van der Waals surface area contributed by atoms with E-state index in [2.05, 4.69) is 0 Å². The summed E-state index contributed by atoms with van der Waals surface area (Å²) in [5, 5.41) is 10.9. The first-order valence-electron chi connectivity index (χ1n) is 6.63. The molecule has 1 aromatic rings. The molecule has 0 saturated heterocycles. The number of rotatable bonds is 4. The molecule has 96 valence electrons. The van der Waals surface area contributed by atoms with Crippen LogP contribution in [0.5, 0.6) is 0 Å². The molecular formula is C14H18N2O2. The first-order chi connectivity index (χ1) is 8.65. The van der Waals surface area contributed by atoms with E-state index in [1.807, 2.05) is 12.1 Å². The van der Waals surface area contributed by atoms with Crippen molar-refractivity contribution in [2.24, 2.45) is 23.5 Å². The Balaban J connectivity index is 1.70. The van der Waals surface area contributed by atoms with E-state index >= 15 is 0 Å². The van der Waals surface area contributed by atoms with Crippen LogP contribution in [0.25, 0.3) is 0 Å². The summed E-state index contributed by atoms with van der Waals surface area (Å²) in [7, 11) is 0. The van der Waals surface area contributed by atoms with Crippen molar-refractivity contribution in [3.8, 4) is 0 Å². The predicted octanol–water partition coefficient (Wildman–Crippen LogP) is 2.51. The number of nitro benzene ring substituents is 1. The third-order valence-electron chi connectivity index (χ3n) is 4.53. The number of hydrogen-bond acceptors (Lipinski definition) is 3. The van der Waals surface area contributed by atoms with Crippen LogP contribution >= 0.6 is 0 Å². The minimum atomic E-state index is -0.311. The molecule has 2 aliphatic rings. The van der Waals surface area contributed by atoms with Gasteiger partial charge < -0.3 is 5.73 Å². The lowest BCUT2D eigenvalue weighted by molar-refractivity contribution is -0.385. The molecule has 0 heterocycles. The van der Waals surface area contributed by atoms with E-state index in [4.69, 9.17) is 5.73 Å². The second kappa shape index (κ2) is 4.35. The van der Waals surface area contributed by atoms with Crippen LogP contribution in [0.2, 0.25) is 0 Å². The molecule has 3 atom stereocenters. The van der Waals surface area contributed by atoms with Crippen LogP contribution in [-0.4, -0.2) is 11.0 Å². The van der Waals surface area contributed by atoms with Gasteiger partial charge in [-0.1, -0.05) is 18.2 Å². The maximum Gasteiger partial charge on any atom is 0.272 e. The second-order valence-electron chi connectivity index (χ2n) is 5.74. The van der Waals surface area contributed by atoms with Gasteiger partial charge in [-0.15, -0.1) is 0 Å². The van der Waals surface area contributed by atoms with Crippen LogP contribution in [0.4, 0.5) is 5.69 Å². The summed E-state index contributed by atoms with van der Waals surface area (Å²) < 4.78 is 0. The summed E-state index contributed by atoms with van der Waals surface area (Å²) >= 11 is 0. The average Bonchev–Trinajstić information content (AvgIpc) is 2.96. The predicted molar refractivity (Wildman–Crippen MR) is 69.1 cm³/mol. The molecule has 2 N–H and O–H groups in total. The van der Waals surface area contributed by atoms with E-state index in [9.17, 15) is 10.1 Å². The smallest absolute Gasteiger partial charge is 0.272 e. The Hall–Kier alpha value is -1.42. The Kier molecular flexibility index (Phi) is 2.82. The fourth-order valence-electron chi connectivity index (χ4n) is 3.39. The van der Waals surface area contributed by atoms with Gasteiger partial charge in [0.15, 0.2) is 0 Å². The molecule has 4 nitrogen and oxygen atoms in total. The van der Waals surface area contributed by atoms with Gasteiger partial charge in [-0.2, -0.15) is 0 Å². The van der Waals surface area contributed by atoms with Crippen molar-refractivity contribution in [2.75, 3.05) is 0 Å². The van der Waals surface area contributed by atoms with Gasteiger partial charge in [0.1, 0.15) is 0 Å². The third kappa shape index (κ3) is 2.12. The number of nitro groups is 1. The molecule has 0 amide bonds. The highest BCUT2D eigenvalue weighted by molar-refractivity contribution is 5.40. The zero-order valence-electron chi connectivity index (χ0n) is 10.3. The van der Waals surface area contributed by atoms with Crippen LogP contribution in [-0.2, 0) is 6.42 Å². The lowest BCUT2D eigenvalue weighted by Crippen LogP contribution is -2.31. The molecule has 0 radical (unpaired) electrons. The van der Waals surface area contributed by atoms with Gasteiger partial charge in [-0.3, -0.25) is 10.1 Å². The van der Waals surface area contributed by atoms with E-state index < -0.39 is 0 Å². The van der Waals surface area contributed by atoms with Crippen molar-refractivity contribution in [1.82, 2.24) is 0 Å². The zero-order chi connectivity index (χ0) is 12.7. The van der Waals surface area contributed by atoms with Crippen LogP contribution in [0.1, 0.15) is 24.8 Å². The van der Waals surface area contributed by atoms with Crippen molar-refractivity contribution < 1.29 is 4.92 Å². The van der Waals surface area contributed by atoms with Gasteiger partial charge in [0.2, 0.25) is 0 Å². The number of para-hydroxylation sites is 1. The van der Waals surface area contributed by atoms with Gasteiger partial charge in [0.25, 0.3) is 5.69 Å². The minimum Gasteiger partial charge on any atom is -0.327 e. The van der Waals surface area contributed by atoms with Gasteiger partial charge in [-0.25, -0.2) is 0 Å². The molecule has 1 aromatic carbocycles. The Morgan fingerprint density at radius 3 is 2.61 bits per heavy atom. The molecule has 2 fully saturated rings. The molecule has 2 aliphatic carbocycles. The van der Waals surface area contributed by atoms with E-state index in [1.165, 1.54) is 19.3 Å². The molecule has 2 saturated carbocycles. The molecule has 0 aromatic heterocycles. The largest absolute Gasteiger partial charge is 0.327 e. The molecule has 3 unspecified atom stereocenters. The Bertz CT molecular complexity index is 465. The highest BCUT2D eigenvalue weighted by Gasteiger charge is 2.47. The van der Waals surface area contributed by atoms with Gasteiger partial charge >= 0.3 is 0 Å². The number of benzene rings is 1. The third-order valence-corrected chi connectivity index (χ3v) is 4.53. The first kappa shape index (κ1) is 11.7. The molecule has 4 heteroatoms. The number of fused-ring (bicyclic) bond motifs is 1. The summed E-state index contributed by atoms with van der Waals surface area (Å²) in [6.07, 6.45) is 4.47. The van der Waals surface area contributed by atoms with Gasteiger partial charge in [0.05, 0.1) is 4.92 Å². The summed E-state index contributed by atoms with van der Waals surface area (Å²) in [5.41, 5.74) is 7.22. The molecular weight excluding hydrogens is 228 g/mol. The van der Waals surface area contributed by atoms with Crippen molar-refractivity contribution in [1.29, 1.82) is 0 Å². The van der Waals surface area contributed by atoms with Crippen molar-refractivity contribution in [2.45, 2.75) is 31.7 Å². The first-order valence-corrected chi connectivity index (χ1v) is 6.63. The highest BCUT2D eigenvalue weighted by Crippen LogP contribution is 2.55. The standard InChI is InChI=1S/C14H18N2O2/c15-13(12-6-10-5-11(10)7-12)8-9-3-1-2-4-14(9)16(17)18/h1-4,10-13H,5-8,15H2. The second-order valence-corrected chi connectivity index (χ2v) is 5.74. The monoisotopic (exact) mass is 246 g/mol. The molecule has 0 aliphatic heterocycles. The SMILES string of the molecule is NC(Cc1ccccc1[N+](=O)[O-])C1CC2CC2C1. The highest BCUT2D eigenvalue weighted by atomic mass is 16.6. The summed E-state index contributed by atoms with van der Waals surface area (Å²) in [6, 6.07) is 7.01. The van der Waals surface area contributed by atoms with Crippen LogP contribution in [0.15, 0.2) is 24.3 Å². The van der Waals surface area contributed by atoms with Gasteiger partial charge in [0, 0.05) is 17.7 Å². The van der Waals surface area contributed by atoms with Crippen molar-refractivity contribution in [3.63, 3.8) is 0 Å². The summed E-state index contributed by atoms with van der Waals surface area (Å²) in [4.78, 5) is 10.6. The van der Waals surface area contributed by atoms with E-state index in [0.717, 1.165) is 17.4 Å². The van der Waals surface area contributed by atoms with E-state index in [0.29, 0.717) is 12.3 Å². The Morgan fingerprint density at radius 1 is 1.28 bits per heavy atom. The minimum absolute atomic E-state index is 0.0684. The van der Waals surface area contributed by atoms with Crippen molar-refractivity contribution >= 4 is 5.69 Å². The normalized spacial score (nSPS) is 30.8. The quantitative estimate of drug-likeness (QED) is 0.655. The fourth-order valence-corrected chi connectivity index (χ4v) is 3.39. The Morgan fingerprint density at radius 2 is 1.94 bits per heavy atom. The molecule has 18 heavy (non-hydrogen) atoms. The van der Waals surface area contributed by atoms with E-state index in [1.54, 1.807) is 12.1 Å². The van der Waals surface area contributed by atoms with E-state index in [-0.39, 0.29) is 16.7 Å². The topological polar surface area (TPSA) is 69.2 Å². The van der Waals surface area contributed by atoms with Crippen LogP contribution in [0.3, 0.4) is 0 Å². The number of nitrogens with two attached hydrogens (primary N) is 1. The fraction of sp³-hybridized carbons (Fsp3) is 0.571. The maximum atomic E-state index is 10.9. The summed E-state index contributed by atoms with van der Waals surface area (Å²) in [5.74, 6) is 2.38. The van der Waals surface area contributed by atoms with Gasteiger partial charge in [-0.05, 0) is 43.4 Å². The number of hydrogen-bond donors (Lipinski definition) is 1. The molecule has 3 rings (SSSR count). The number of nitrogens with zero attached hydrogens (tertiary/aromatic N) is 1. The lowest BCUT2D eigenvalue weighted by Gasteiger charge is -2.20.